The third-order valence-corrected chi connectivity index (χ3v) is 8.84. The lowest BCUT2D eigenvalue weighted by Gasteiger charge is -2.33. The topological polar surface area (TPSA) is 78.0 Å². The van der Waals surface area contributed by atoms with E-state index in [2.05, 4.69) is 0 Å². The van der Waals surface area contributed by atoms with Crippen LogP contribution in [0.4, 0.5) is 0 Å². The van der Waals surface area contributed by atoms with Crippen LogP contribution in [0.25, 0.3) is 0 Å². The van der Waals surface area contributed by atoms with Crippen LogP contribution in [0.5, 0.6) is 0 Å². The zero-order chi connectivity index (χ0) is 22.0. The average Bonchev–Trinajstić information content (AvgIpc) is 3.34. The number of piperidine rings is 2. The van der Waals surface area contributed by atoms with Crippen LogP contribution in [0.15, 0.2) is 23.1 Å². The smallest absolute Gasteiger partial charge is 0.254 e. The molecule has 0 radical (unpaired) electrons. The molecule has 3 fully saturated rings. The normalized spacial score (nSPS) is 21.5. The summed E-state index contributed by atoms with van der Waals surface area (Å²) in [5, 5.41) is 0. The Hall–Kier alpha value is -1.93. The Balaban J connectivity index is 1.45. The lowest BCUT2D eigenvalue weighted by atomic mass is 9.94. The summed E-state index contributed by atoms with van der Waals surface area (Å²) < 4.78 is 27.6. The van der Waals surface area contributed by atoms with Crippen LogP contribution < -0.4 is 0 Å². The van der Waals surface area contributed by atoms with Gasteiger partial charge in [0.2, 0.25) is 15.9 Å². The molecule has 0 saturated carbocycles. The molecule has 4 rings (SSSR count). The van der Waals surface area contributed by atoms with Crippen LogP contribution in [-0.4, -0.2) is 73.6 Å². The fraction of sp³-hybridized carbons (Fsp3) is 0.652. The van der Waals surface area contributed by atoms with Crippen LogP contribution in [0.1, 0.15) is 60.9 Å². The number of nitrogens with zero attached hydrogens (tertiary/aromatic N) is 3. The van der Waals surface area contributed by atoms with Crippen molar-refractivity contribution in [2.45, 2.75) is 56.8 Å². The summed E-state index contributed by atoms with van der Waals surface area (Å²) >= 11 is 0. The van der Waals surface area contributed by atoms with Crippen molar-refractivity contribution in [2.24, 2.45) is 5.92 Å². The van der Waals surface area contributed by atoms with Gasteiger partial charge in [0, 0.05) is 50.7 Å². The van der Waals surface area contributed by atoms with Gasteiger partial charge in [-0.05, 0) is 63.1 Å². The first-order valence-electron chi connectivity index (χ1n) is 11.6. The Kier molecular flexibility index (Phi) is 6.67. The average molecular weight is 448 g/mol. The van der Waals surface area contributed by atoms with Gasteiger partial charge < -0.3 is 9.80 Å². The maximum Gasteiger partial charge on any atom is 0.254 e. The van der Waals surface area contributed by atoms with Crippen LogP contribution in [-0.2, 0) is 14.8 Å². The lowest BCUT2D eigenvalue weighted by Crippen LogP contribution is -2.44. The quantitative estimate of drug-likeness (QED) is 0.711. The van der Waals surface area contributed by atoms with E-state index in [4.69, 9.17) is 0 Å². The molecule has 1 aromatic carbocycles. The van der Waals surface area contributed by atoms with E-state index in [9.17, 15) is 18.0 Å². The number of sulfonamides is 1. The van der Waals surface area contributed by atoms with Gasteiger partial charge in [0.05, 0.1) is 4.90 Å². The molecule has 0 N–H and O–H groups in total. The Bertz CT molecular complexity index is 926. The van der Waals surface area contributed by atoms with Crippen LogP contribution in [0.3, 0.4) is 0 Å². The molecule has 0 aromatic heterocycles. The van der Waals surface area contributed by atoms with Gasteiger partial charge in [0.25, 0.3) is 5.91 Å². The molecule has 0 unspecified atom stereocenters. The van der Waals surface area contributed by atoms with E-state index in [1.165, 1.54) is 4.31 Å². The lowest BCUT2D eigenvalue weighted by molar-refractivity contribution is -0.135. The van der Waals surface area contributed by atoms with E-state index in [1.807, 2.05) is 11.8 Å². The van der Waals surface area contributed by atoms with Crippen LogP contribution >= 0.6 is 0 Å². The largest absolute Gasteiger partial charge is 0.342 e. The Morgan fingerprint density at radius 3 is 2.10 bits per heavy atom. The van der Waals surface area contributed by atoms with Gasteiger partial charge >= 0.3 is 0 Å². The highest BCUT2D eigenvalue weighted by Gasteiger charge is 2.33. The zero-order valence-electron chi connectivity index (χ0n) is 18.4. The second-order valence-corrected chi connectivity index (χ2v) is 11.0. The highest BCUT2D eigenvalue weighted by Crippen LogP contribution is 2.26. The second-order valence-electron chi connectivity index (χ2n) is 9.04. The number of carbonyl (C=O) groups is 2. The van der Waals surface area contributed by atoms with Crippen molar-refractivity contribution in [3.05, 3.63) is 29.3 Å². The fourth-order valence-corrected chi connectivity index (χ4v) is 6.49. The second kappa shape index (κ2) is 9.28. The van der Waals surface area contributed by atoms with Gasteiger partial charge in [-0.1, -0.05) is 12.5 Å². The summed E-state index contributed by atoms with van der Waals surface area (Å²) in [5.41, 5.74) is 1.22. The first kappa shape index (κ1) is 22.3. The van der Waals surface area contributed by atoms with Crippen molar-refractivity contribution >= 4 is 21.8 Å². The molecule has 8 heteroatoms. The SMILES string of the molecule is Cc1ccc(S(=O)(=O)N2CCCCC2)cc1C(=O)N1CCC(C(=O)N2CCCC2)CC1. The number of hydrogen-bond acceptors (Lipinski definition) is 4. The number of likely N-dealkylation sites (tertiary alicyclic amines) is 2. The highest BCUT2D eigenvalue weighted by atomic mass is 32.2. The van der Waals surface area contributed by atoms with E-state index in [1.54, 1.807) is 23.1 Å². The Morgan fingerprint density at radius 1 is 0.839 bits per heavy atom. The van der Waals surface area contributed by atoms with Crippen LogP contribution in [0, 0.1) is 12.8 Å². The summed E-state index contributed by atoms with van der Waals surface area (Å²) in [7, 11) is -3.58. The van der Waals surface area contributed by atoms with Crippen molar-refractivity contribution in [1.29, 1.82) is 0 Å². The minimum Gasteiger partial charge on any atom is -0.342 e. The van der Waals surface area contributed by atoms with Gasteiger partial charge in [-0.2, -0.15) is 4.31 Å². The van der Waals surface area contributed by atoms with Crippen molar-refractivity contribution in [2.75, 3.05) is 39.3 Å². The standard InChI is InChI=1S/C23H33N3O4S/c1-18-7-8-20(31(29,30)26-13-3-2-4-14-26)17-21(18)23(28)25-15-9-19(10-16-25)22(27)24-11-5-6-12-24/h7-8,17,19H,2-6,9-16H2,1H3. The number of amides is 2. The molecule has 3 saturated heterocycles. The highest BCUT2D eigenvalue weighted by molar-refractivity contribution is 7.89. The van der Waals surface area contributed by atoms with Gasteiger partial charge in [0.1, 0.15) is 0 Å². The molecule has 2 amide bonds. The maximum absolute atomic E-state index is 13.2. The number of rotatable bonds is 4. The van der Waals surface area contributed by atoms with E-state index in [-0.39, 0.29) is 22.6 Å². The van der Waals surface area contributed by atoms with Crippen molar-refractivity contribution in [1.82, 2.24) is 14.1 Å². The zero-order valence-corrected chi connectivity index (χ0v) is 19.2. The predicted octanol–water partition coefficient (Wildman–Crippen LogP) is 2.64. The molecule has 0 aliphatic carbocycles. The number of hydrogen-bond donors (Lipinski definition) is 0. The first-order chi connectivity index (χ1) is 14.9. The molecular weight excluding hydrogens is 414 g/mol. The Morgan fingerprint density at radius 2 is 1.45 bits per heavy atom. The van der Waals surface area contributed by atoms with E-state index >= 15 is 0 Å². The molecule has 0 atom stereocenters. The molecule has 3 heterocycles. The number of carbonyl (C=O) groups excluding carboxylic acids is 2. The summed E-state index contributed by atoms with van der Waals surface area (Å²) in [6, 6.07) is 4.88. The molecule has 1 aromatic rings. The first-order valence-corrected chi connectivity index (χ1v) is 13.0. The predicted molar refractivity (Wildman–Crippen MR) is 118 cm³/mol. The third-order valence-electron chi connectivity index (χ3n) is 6.94. The monoisotopic (exact) mass is 447 g/mol. The van der Waals surface area contributed by atoms with Gasteiger partial charge in [0.15, 0.2) is 0 Å². The van der Waals surface area contributed by atoms with E-state index in [0.717, 1.165) is 50.8 Å². The third kappa shape index (κ3) is 4.65. The minimum absolute atomic E-state index is 0.00550. The van der Waals surface area contributed by atoms with E-state index in [0.29, 0.717) is 44.6 Å². The summed E-state index contributed by atoms with van der Waals surface area (Å²) in [5.74, 6) is 0.0877. The summed E-state index contributed by atoms with van der Waals surface area (Å²) in [6.45, 7) is 5.70. The molecule has 3 aliphatic heterocycles. The molecule has 7 nitrogen and oxygen atoms in total. The minimum atomic E-state index is -3.58. The van der Waals surface area contributed by atoms with Gasteiger partial charge in [-0.15, -0.1) is 0 Å². The van der Waals surface area contributed by atoms with Gasteiger partial charge in [-0.25, -0.2) is 8.42 Å². The molecule has 0 bridgehead atoms. The molecular formula is C23H33N3O4S. The molecule has 31 heavy (non-hydrogen) atoms. The van der Waals surface area contributed by atoms with Crippen molar-refractivity contribution < 1.29 is 18.0 Å². The maximum atomic E-state index is 13.2. The molecule has 170 valence electrons. The van der Waals surface area contributed by atoms with Crippen LogP contribution in [0.2, 0.25) is 0 Å². The van der Waals surface area contributed by atoms with Gasteiger partial charge in [-0.3, -0.25) is 9.59 Å². The summed E-state index contributed by atoms with van der Waals surface area (Å²) in [4.78, 5) is 29.8. The summed E-state index contributed by atoms with van der Waals surface area (Å²) in [6.07, 6.45) is 6.32. The van der Waals surface area contributed by atoms with Crippen molar-refractivity contribution in [3.8, 4) is 0 Å². The van der Waals surface area contributed by atoms with Crippen molar-refractivity contribution in [3.63, 3.8) is 0 Å². The van der Waals surface area contributed by atoms with E-state index < -0.39 is 10.0 Å². The number of aryl methyl sites for hydroxylation is 1. The molecule has 3 aliphatic rings. The Labute approximate surface area is 185 Å². The number of benzene rings is 1. The molecule has 0 spiro atoms. The fourth-order valence-electron chi connectivity index (χ4n) is 4.94.